The summed E-state index contributed by atoms with van der Waals surface area (Å²) >= 11 is 0. The van der Waals surface area contributed by atoms with Crippen LogP contribution in [0.4, 0.5) is 0 Å². The molecule has 1 saturated heterocycles. The third-order valence-electron chi connectivity index (χ3n) is 2.69. The van der Waals surface area contributed by atoms with Crippen molar-refractivity contribution < 1.29 is 14.6 Å². The van der Waals surface area contributed by atoms with Crippen molar-refractivity contribution in [3.63, 3.8) is 0 Å². The largest absolute Gasteiger partial charge is 0.480 e. The molecule has 2 N–H and O–H groups in total. The third-order valence-corrected chi connectivity index (χ3v) is 2.69. The number of carbonyl (C=O) groups is 1. The third kappa shape index (κ3) is 3.21. The van der Waals surface area contributed by atoms with E-state index < -0.39 is 12.0 Å². The van der Waals surface area contributed by atoms with Crippen molar-refractivity contribution in [1.29, 1.82) is 0 Å². The summed E-state index contributed by atoms with van der Waals surface area (Å²) in [7, 11) is 0. The monoisotopic (exact) mass is 270 g/mol. The van der Waals surface area contributed by atoms with E-state index in [2.05, 4.69) is 16.9 Å². The van der Waals surface area contributed by atoms with E-state index in [1.54, 1.807) is 18.3 Å². The maximum Gasteiger partial charge on any atom is 0.320 e. The smallest absolute Gasteiger partial charge is 0.320 e. The van der Waals surface area contributed by atoms with E-state index in [1.165, 1.54) is 0 Å². The molecule has 0 radical (unpaired) electrons. The van der Waals surface area contributed by atoms with Crippen molar-refractivity contribution in [2.24, 2.45) is 0 Å². The van der Waals surface area contributed by atoms with E-state index >= 15 is 0 Å². The first-order valence-corrected chi connectivity index (χ1v) is 5.41. The van der Waals surface area contributed by atoms with Crippen molar-refractivity contribution >= 4 is 24.5 Å². The fourth-order valence-electron chi connectivity index (χ4n) is 1.80. The topological polar surface area (TPSA) is 71.5 Å². The summed E-state index contributed by atoms with van der Waals surface area (Å²) < 4.78 is 5.67. The first-order chi connectivity index (χ1) is 8.20. The van der Waals surface area contributed by atoms with Crippen LogP contribution < -0.4 is 10.1 Å². The number of hydrogen-bond acceptors (Lipinski definition) is 4. The fraction of sp³-hybridized carbons (Fsp3) is 0.333. The van der Waals surface area contributed by atoms with Gasteiger partial charge in [-0.2, -0.15) is 0 Å². The van der Waals surface area contributed by atoms with Crippen molar-refractivity contribution in [2.45, 2.75) is 18.6 Å². The Hall–Kier alpha value is -1.59. The number of aromatic nitrogens is 1. The van der Waals surface area contributed by atoms with Crippen LogP contribution in [0.2, 0.25) is 0 Å². The van der Waals surface area contributed by atoms with Gasteiger partial charge < -0.3 is 15.2 Å². The average molecular weight is 271 g/mol. The zero-order valence-electron chi connectivity index (χ0n) is 9.70. The molecule has 1 aliphatic heterocycles. The molecule has 1 aromatic rings. The van der Waals surface area contributed by atoms with Crippen LogP contribution in [0.1, 0.15) is 12.0 Å². The molecule has 1 aromatic heterocycles. The summed E-state index contributed by atoms with van der Waals surface area (Å²) in [6.07, 6.45) is 3.59. The van der Waals surface area contributed by atoms with Gasteiger partial charge in [0.05, 0.1) is 0 Å². The Morgan fingerprint density at radius 2 is 2.44 bits per heavy atom. The maximum absolute atomic E-state index is 10.8. The molecule has 1 fully saturated rings. The van der Waals surface area contributed by atoms with Gasteiger partial charge in [0.2, 0.25) is 5.88 Å². The van der Waals surface area contributed by atoms with Crippen LogP contribution in [-0.4, -0.2) is 34.8 Å². The summed E-state index contributed by atoms with van der Waals surface area (Å²) in [5.41, 5.74) is 0.811. The summed E-state index contributed by atoms with van der Waals surface area (Å²) in [6.45, 7) is 4.20. The van der Waals surface area contributed by atoms with Crippen molar-refractivity contribution in [2.75, 3.05) is 6.54 Å². The lowest BCUT2D eigenvalue weighted by molar-refractivity contribution is -0.139. The van der Waals surface area contributed by atoms with Crippen molar-refractivity contribution in [3.8, 4) is 5.88 Å². The lowest BCUT2D eigenvalue weighted by atomic mass is 10.2. The van der Waals surface area contributed by atoms with Gasteiger partial charge in [-0.1, -0.05) is 12.7 Å². The number of ether oxygens (including phenoxy) is 1. The Bertz CT molecular complexity index is 439. The number of carboxylic acids is 1. The van der Waals surface area contributed by atoms with Crippen LogP contribution >= 0.6 is 12.4 Å². The predicted octanol–water partition coefficient (Wildman–Crippen LogP) is 1.34. The molecule has 98 valence electrons. The van der Waals surface area contributed by atoms with E-state index in [1.807, 2.05) is 6.07 Å². The van der Waals surface area contributed by atoms with Crippen LogP contribution in [0.3, 0.4) is 0 Å². The van der Waals surface area contributed by atoms with Crippen LogP contribution in [0, 0.1) is 0 Å². The van der Waals surface area contributed by atoms with Gasteiger partial charge in [0.15, 0.2) is 0 Å². The lowest BCUT2D eigenvalue weighted by Crippen LogP contribution is -2.30. The molecule has 6 heteroatoms. The molecule has 0 aliphatic carbocycles. The van der Waals surface area contributed by atoms with Crippen molar-refractivity contribution in [3.05, 3.63) is 30.5 Å². The lowest BCUT2D eigenvalue weighted by Gasteiger charge is -2.13. The van der Waals surface area contributed by atoms with Crippen molar-refractivity contribution in [1.82, 2.24) is 10.3 Å². The van der Waals surface area contributed by atoms with E-state index in [0.29, 0.717) is 18.8 Å². The number of rotatable bonds is 4. The Labute approximate surface area is 111 Å². The number of nitrogens with zero attached hydrogens (tertiary/aromatic N) is 1. The predicted molar refractivity (Wildman–Crippen MR) is 70.0 cm³/mol. The second-order valence-electron chi connectivity index (χ2n) is 3.88. The highest BCUT2D eigenvalue weighted by atomic mass is 35.5. The van der Waals surface area contributed by atoms with Crippen LogP contribution in [-0.2, 0) is 4.79 Å². The summed E-state index contributed by atoms with van der Waals surface area (Å²) in [5, 5.41) is 11.7. The minimum absolute atomic E-state index is 0. The number of halogens is 1. The van der Waals surface area contributed by atoms with E-state index in [0.717, 1.165) is 5.56 Å². The van der Waals surface area contributed by atoms with Gasteiger partial charge in [-0.3, -0.25) is 4.79 Å². The summed E-state index contributed by atoms with van der Waals surface area (Å²) in [6, 6.07) is 3.12. The second kappa shape index (κ2) is 6.37. The Morgan fingerprint density at radius 1 is 1.67 bits per heavy atom. The number of carboxylic acid groups (broad SMARTS) is 1. The second-order valence-corrected chi connectivity index (χ2v) is 3.88. The molecule has 1 aliphatic rings. The minimum Gasteiger partial charge on any atom is -0.480 e. The first-order valence-electron chi connectivity index (χ1n) is 5.41. The molecule has 0 saturated carbocycles. The summed E-state index contributed by atoms with van der Waals surface area (Å²) in [5.74, 6) is -0.346. The Morgan fingerprint density at radius 3 is 3.06 bits per heavy atom. The molecular weight excluding hydrogens is 256 g/mol. The Kier molecular flexibility index (Phi) is 5.12. The molecule has 2 rings (SSSR count). The Balaban J connectivity index is 0.00000162. The molecule has 0 aromatic carbocycles. The average Bonchev–Trinajstić information content (AvgIpc) is 2.78. The highest BCUT2D eigenvalue weighted by molar-refractivity contribution is 5.85. The van der Waals surface area contributed by atoms with E-state index in [9.17, 15) is 4.79 Å². The zero-order chi connectivity index (χ0) is 12.3. The molecule has 0 unspecified atom stereocenters. The van der Waals surface area contributed by atoms with Gasteiger partial charge in [-0.15, -0.1) is 12.4 Å². The molecule has 0 spiro atoms. The van der Waals surface area contributed by atoms with Gasteiger partial charge in [0, 0.05) is 24.7 Å². The highest BCUT2D eigenvalue weighted by Gasteiger charge is 2.30. The molecule has 18 heavy (non-hydrogen) atoms. The quantitative estimate of drug-likeness (QED) is 0.864. The highest BCUT2D eigenvalue weighted by Crippen LogP contribution is 2.20. The maximum atomic E-state index is 10.8. The molecule has 2 heterocycles. The van der Waals surface area contributed by atoms with Crippen LogP contribution in [0.5, 0.6) is 5.88 Å². The number of pyridine rings is 1. The molecule has 2 atom stereocenters. The molecule has 5 nitrogen and oxygen atoms in total. The molecule has 0 bridgehead atoms. The molecule has 0 amide bonds. The van der Waals surface area contributed by atoms with E-state index in [4.69, 9.17) is 9.84 Å². The first kappa shape index (κ1) is 14.5. The minimum atomic E-state index is -0.846. The SMILES string of the molecule is C=Cc1cccnc1O[C@H]1CN[C@H](C(=O)O)C1.Cl. The zero-order valence-corrected chi connectivity index (χ0v) is 10.5. The normalized spacial score (nSPS) is 22.0. The van der Waals surface area contributed by atoms with Gasteiger partial charge >= 0.3 is 5.97 Å². The van der Waals surface area contributed by atoms with Gasteiger partial charge in [0.1, 0.15) is 12.1 Å². The standard InChI is InChI=1S/C12H14N2O3.ClH/c1-2-8-4-3-5-13-11(8)17-9-6-10(12(15)16)14-7-9;/h2-5,9-10,14H,1,6-7H2,(H,15,16);1H/t9-,10+;/m1./s1. The van der Waals surface area contributed by atoms with E-state index in [-0.39, 0.29) is 18.5 Å². The van der Waals surface area contributed by atoms with Crippen LogP contribution in [0.15, 0.2) is 24.9 Å². The molecular formula is C12H15ClN2O3. The van der Waals surface area contributed by atoms with Crippen LogP contribution in [0.25, 0.3) is 6.08 Å². The van der Waals surface area contributed by atoms with Gasteiger partial charge in [-0.05, 0) is 12.1 Å². The number of hydrogen-bond donors (Lipinski definition) is 2. The van der Waals surface area contributed by atoms with Gasteiger partial charge in [-0.25, -0.2) is 4.98 Å². The summed E-state index contributed by atoms with van der Waals surface area (Å²) in [4.78, 5) is 14.9. The van der Waals surface area contributed by atoms with Gasteiger partial charge in [0.25, 0.3) is 0 Å². The fourth-order valence-corrected chi connectivity index (χ4v) is 1.80. The number of nitrogens with one attached hydrogen (secondary N) is 1. The number of aliphatic carboxylic acids is 1.